The van der Waals surface area contributed by atoms with Crippen molar-refractivity contribution in [3.05, 3.63) is 46.2 Å². The maximum absolute atomic E-state index is 11.8. The molecule has 1 atom stereocenters. The highest BCUT2D eigenvalue weighted by Gasteiger charge is 2.21. The molecule has 3 rings (SSSR count). The highest BCUT2D eigenvalue weighted by atomic mass is 35.5. The van der Waals surface area contributed by atoms with Gasteiger partial charge in [0.15, 0.2) is 0 Å². The van der Waals surface area contributed by atoms with Gasteiger partial charge in [0.25, 0.3) is 0 Å². The molecular formula is C19H23ClN4O. The fourth-order valence-electron chi connectivity index (χ4n) is 3.21. The number of hydrogen-bond donors (Lipinski definition) is 1. The summed E-state index contributed by atoms with van der Waals surface area (Å²) in [4.78, 5) is 22.4. The second-order valence-corrected chi connectivity index (χ2v) is 6.78. The van der Waals surface area contributed by atoms with Crippen LogP contribution in [0.5, 0.6) is 0 Å². The lowest BCUT2D eigenvalue weighted by Gasteiger charge is -2.29. The number of carbonyl (C=O) groups excluding carboxylic acids is 1. The molecule has 5 nitrogen and oxygen atoms in total. The van der Waals surface area contributed by atoms with E-state index in [0.29, 0.717) is 11.0 Å². The van der Waals surface area contributed by atoms with E-state index < -0.39 is 0 Å². The van der Waals surface area contributed by atoms with Crippen molar-refractivity contribution >= 4 is 29.1 Å². The van der Waals surface area contributed by atoms with Gasteiger partial charge in [0.1, 0.15) is 0 Å². The molecule has 0 saturated heterocycles. The van der Waals surface area contributed by atoms with Crippen LogP contribution in [0.4, 0.5) is 11.6 Å². The number of aromatic nitrogens is 2. The number of amides is 1. The third-order valence-electron chi connectivity index (χ3n) is 4.60. The Morgan fingerprint density at radius 2 is 2.24 bits per heavy atom. The first-order valence-electron chi connectivity index (χ1n) is 8.68. The van der Waals surface area contributed by atoms with E-state index in [-0.39, 0.29) is 11.9 Å². The number of rotatable bonds is 4. The van der Waals surface area contributed by atoms with Gasteiger partial charge in [0, 0.05) is 19.2 Å². The summed E-state index contributed by atoms with van der Waals surface area (Å²) in [5.41, 5.74) is 4.25. The van der Waals surface area contributed by atoms with E-state index in [1.165, 1.54) is 5.56 Å². The smallest absolute Gasteiger partial charge is 0.223 e. The second-order valence-electron chi connectivity index (χ2n) is 6.37. The third-order valence-corrected chi connectivity index (χ3v) is 4.92. The van der Waals surface area contributed by atoms with Crippen molar-refractivity contribution in [3.8, 4) is 0 Å². The Bertz CT molecular complexity index is 793. The average Bonchev–Trinajstić information content (AvgIpc) is 2.62. The van der Waals surface area contributed by atoms with Gasteiger partial charge in [0.2, 0.25) is 11.9 Å². The standard InChI is InChI=1S/C19H23ClN4O/c1-4-17-16(20)11-21-19(23-17)22-12(2)14-7-8-18-15(10-14)6-5-9-24(18)13(3)25/h7-8,10-12H,4-6,9H2,1-3H3,(H,21,22,23). The zero-order chi connectivity index (χ0) is 18.0. The molecule has 1 unspecified atom stereocenters. The summed E-state index contributed by atoms with van der Waals surface area (Å²) in [6, 6.07) is 6.35. The zero-order valence-electron chi connectivity index (χ0n) is 14.8. The first-order valence-corrected chi connectivity index (χ1v) is 9.06. The van der Waals surface area contributed by atoms with Crippen LogP contribution >= 0.6 is 11.6 Å². The SMILES string of the molecule is CCc1nc(NC(C)c2ccc3c(c2)CCCN3C(C)=O)ncc1Cl. The predicted molar refractivity (Wildman–Crippen MR) is 101 cm³/mol. The number of benzene rings is 1. The number of aryl methyl sites for hydroxylation is 2. The van der Waals surface area contributed by atoms with Gasteiger partial charge in [-0.2, -0.15) is 0 Å². The molecule has 1 aliphatic heterocycles. The maximum Gasteiger partial charge on any atom is 0.223 e. The number of hydrogen-bond acceptors (Lipinski definition) is 4. The second kappa shape index (κ2) is 7.40. The third kappa shape index (κ3) is 3.76. The fraction of sp³-hybridized carbons (Fsp3) is 0.421. The number of anilines is 2. The van der Waals surface area contributed by atoms with E-state index >= 15 is 0 Å². The Kier molecular flexibility index (Phi) is 5.23. The average molecular weight is 359 g/mol. The van der Waals surface area contributed by atoms with Crippen molar-refractivity contribution in [1.29, 1.82) is 0 Å². The maximum atomic E-state index is 11.8. The largest absolute Gasteiger partial charge is 0.348 e. The van der Waals surface area contributed by atoms with Crippen LogP contribution in [-0.4, -0.2) is 22.4 Å². The first-order chi connectivity index (χ1) is 12.0. The van der Waals surface area contributed by atoms with Gasteiger partial charge in [-0.3, -0.25) is 4.79 Å². The topological polar surface area (TPSA) is 58.1 Å². The number of halogens is 1. The van der Waals surface area contributed by atoms with Crippen molar-refractivity contribution in [2.45, 2.75) is 46.1 Å². The number of nitrogens with zero attached hydrogens (tertiary/aromatic N) is 3. The van der Waals surface area contributed by atoms with E-state index in [1.807, 2.05) is 17.9 Å². The molecule has 0 bridgehead atoms. The molecule has 1 aromatic carbocycles. The Morgan fingerprint density at radius 3 is 2.96 bits per heavy atom. The molecule has 1 aliphatic rings. The first kappa shape index (κ1) is 17.7. The number of carbonyl (C=O) groups is 1. The minimum atomic E-state index is 0.0592. The summed E-state index contributed by atoms with van der Waals surface area (Å²) in [6.07, 6.45) is 4.40. The minimum absolute atomic E-state index is 0.0592. The molecule has 132 valence electrons. The number of fused-ring (bicyclic) bond motifs is 1. The lowest BCUT2D eigenvalue weighted by molar-refractivity contribution is -0.116. The lowest BCUT2D eigenvalue weighted by Crippen LogP contribution is -2.33. The molecule has 1 aromatic heterocycles. The van der Waals surface area contributed by atoms with Gasteiger partial charge in [-0.1, -0.05) is 30.7 Å². The van der Waals surface area contributed by atoms with Crippen molar-refractivity contribution in [2.24, 2.45) is 0 Å². The number of nitrogens with one attached hydrogen (secondary N) is 1. The molecular weight excluding hydrogens is 336 g/mol. The Hall–Kier alpha value is -2.14. The van der Waals surface area contributed by atoms with Gasteiger partial charge in [-0.25, -0.2) is 9.97 Å². The molecule has 0 saturated carbocycles. The lowest BCUT2D eigenvalue weighted by atomic mass is 9.97. The van der Waals surface area contributed by atoms with Gasteiger partial charge in [-0.15, -0.1) is 0 Å². The minimum Gasteiger partial charge on any atom is -0.348 e. The van der Waals surface area contributed by atoms with Crippen molar-refractivity contribution in [2.75, 3.05) is 16.8 Å². The van der Waals surface area contributed by atoms with Crippen molar-refractivity contribution in [3.63, 3.8) is 0 Å². The van der Waals surface area contributed by atoms with Gasteiger partial charge in [0.05, 0.1) is 23.0 Å². The highest BCUT2D eigenvalue weighted by molar-refractivity contribution is 6.31. The summed E-state index contributed by atoms with van der Waals surface area (Å²) in [5.74, 6) is 0.679. The summed E-state index contributed by atoms with van der Waals surface area (Å²) in [6.45, 7) is 6.52. The summed E-state index contributed by atoms with van der Waals surface area (Å²) < 4.78 is 0. The Labute approximate surface area is 153 Å². The fourth-order valence-corrected chi connectivity index (χ4v) is 3.44. The summed E-state index contributed by atoms with van der Waals surface area (Å²) in [5, 5.41) is 3.94. The predicted octanol–water partition coefficient (Wildman–Crippen LogP) is 4.16. The Balaban J connectivity index is 1.81. The van der Waals surface area contributed by atoms with E-state index in [1.54, 1.807) is 13.1 Å². The molecule has 2 heterocycles. The van der Waals surface area contributed by atoms with Gasteiger partial charge < -0.3 is 10.2 Å². The molecule has 0 fully saturated rings. The van der Waals surface area contributed by atoms with Gasteiger partial charge >= 0.3 is 0 Å². The zero-order valence-corrected chi connectivity index (χ0v) is 15.6. The molecule has 25 heavy (non-hydrogen) atoms. The summed E-state index contributed by atoms with van der Waals surface area (Å²) >= 11 is 6.08. The van der Waals surface area contributed by atoms with Crippen LogP contribution in [0.2, 0.25) is 5.02 Å². The molecule has 1 amide bonds. The normalized spacial score (nSPS) is 14.8. The van der Waals surface area contributed by atoms with Crippen LogP contribution in [0.15, 0.2) is 24.4 Å². The molecule has 0 radical (unpaired) electrons. The van der Waals surface area contributed by atoms with Crippen LogP contribution < -0.4 is 10.2 Å². The van der Waals surface area contributed by atoms with E-state index in [4.69, 9.17) is 11.6 Å². The molecule has 0 spiro atoms. The monoisotopic (exact) mass is 358 g/mol. The molecule has 2 aromatic rings. The molecule has 1 N–H and O–H groups in total. The summed E-state index contributed by atoms with van der Waals surface area (Å²) in [7, 11) is 0. The van der Waals surface area contributed by atoms with Crippen LogP contribution in [0.1, 0.15) is 50.1 Å². The van der Waals surface area contributed by atoms with Crippen LogP contribution in [-0.2, 0) is 17.6 Å². The Morgan fingerprint density at radius 1 is 1.44 bits per heavy atom. The van der Waals surface area contributed by atoms with Crippen molar-refractivity contribution in [1.82, 2.24) is 9.97 Å². The van der Waals surface area contributed by atoms with E-state index in [0.717, 1.165) is 42.8 Å². The molecule has 0 aliphatic carbocycles. The van der Waals surface area contributed by atoms with E-state index in [2.05, 4.69) is 34.3 Å². The van der Waals surface area contributed by atoms with Crippen LogP contribution in [0, 0.1) is 0 Å². The molecule has 6 heteroatoms. The van der Waals surface area contributed by atoms with Crippen molar-refractivity contribution < 1.29 is 4.79 Å². The van der Waals surface area contributed by atoms with E-state index in [9.17, 15) is 4.79 Å². The quantitative estimate of drug-likeness (QED) is 0.891. The van der Waals surface area contributed by atoms with Gasteiger partial charge in [-0.05, 0) is 43.4 Å². The van der Waals surface area contributed by atoms with Crippen LogP contribution in [0.25, 0.3) is 0 Å². The van der Waals surface area contributed by atoms with Crippen LogP contribution in [0.3, 0.4) is 0 Å². The highest BCUT2D eigenvalue weighted by Crippen LogP contribution is 2.30.